The van der Waals surface area contributed by atoms with Crippen LogP contribution in [-0.2, 0) is 6.54 Å². The Morgan fingerprint density at radius 3 is 3.23 bits per heavy atom. The van der Waals surface area contributed by atoms with E-state index in [1.807, 2.05) is 0 Å². The summed E-state index contributed by atoms with van der Waals surface area (Å²) in [5.74, 6) is 1.96. The molecule has 1 heterocycles. The molecule has 5 nitrogen and oxygen atoms in total. The first kappa shape index (κ1) is 9.29. The molecule has 0 saturated carbocycles. The highest BCUT2D eigenvalue weighted by Crippen LogP contribution is 2.04. The molecular weight excluding hydrogens is 170 g/mol. The maximum Gasteiger partial charge on any atom is 0.257 e. The molecule has 0 fully saturated rings. The van der Waals surface area contributed by atoms with Gasteiger partial charge in [0.05, 0.1) is 6.54 Å². The van der Waals surface area contributed by atoms with Crippen LogP contribution in [0.3, 0.4) is 0 Å². The van der Waals surface area contributed by atoms with E-state index in [1.165, 1.54) is 6.26 Å². The third kappa shape index (κ3) is 2.07. The van der Waals surface area contributed by atoms with Crippen LogP contribution in [0.25, 0.3) is 0 Å². The Hall–Kier alpha value is -1.80. The summed E-state index contributed by atoms with van der Waals surface area (Å²) in [6, 6.07) is 0. The zero-order chi connectivity index (χ0) is 9.68. The molecule has 5 heteroatoms. The molecule has 1 aromatic rings. The molecule has 1 rings (SSSR count). The zero-order valence-electron chi connectivity index (χ0n) is 6.91. The molecular formula is C8H9N3O2. The quantitative estimate of drug-likeness (QED) is 0.613. The topological polar surface area (TPSA) is 81.2 Å². The third-order valence-corrected chi connectivity index (χ3v) is 1.43. The largest absolute Gasteiger partial charge is 0.364 e. The number of nitrogens with two attached hydrogens (primary N) is 1. The van der Waals surface area contributed by atoms with Gasteiger partial charge in [-0.2, -0.15) is 0 Å². The van der Waals surface area contributed by atoms with Gasteiger partial charge in [0, 0.05) is 6.54 Å². The SMILES string of the molecule is C#CCNC(=O)c1conc1CN. The summed E-state index contributed by atoms with van der Waals surface area (Å²) >= 11 is 0. The summed E-state index contributed by atoms with van der Waals surface area (Å²) in [5.41, 5.74) is 6.08. The first-order chi connectivity index (χ1) is 6.29. The molecule has 0 aliphatic heterocycles. The minimum Gasteiger partial charge on any atom is -0.364 e. The van der Waals surface area contributed by atoms with Crippen LogP contribution in [0.2, 0.25) is 0 Å². The minimum absolute atomic E-state index is 0.162. The van der Waals surface area contributed by atoms with Crippen molar-refractivity contribution in [3.05, 3.63) is 17.5 Å². The van der Waals surface area contributed by atoms with Gasteiger partial charge in [-0.3, -0.25) is 4.79 Å². The molecule has 0 aliphatic carbocycles. The highest BCUT2D eigenvalue weighted by Gasteiger charge is 2.13. The van der Waals surface area contributed by atoms with Crippen molar-refractivity contribution >= 4 is 5.91 Å². The van der Waals surface area contributed by atoms with Crippen molar-refractivity contribution in [3.63, 3.8) is 0 Å². The van der Waals surface area contributed by atoms with E-state index in [0.29, 0.717) is 11.3 Å². The summed E-state index contributed by atoms with van der Waals surface area (Å²) in [6.45, 7) is 0.337. The van der Waals surface area contributed by atoms with Crippen LogP contribution in [-0.4, -0.2) is 17.6 Å². The normalized spacial score (nSPS) is 9.23. The second kappa shape index (κ2) is 4.28. The fourth-order valence-electron chi connectivity index (χ4n) is 0.818. The second-order valence-electron chi connectivity index (χ2n) is 2.27. The minimum atomic E-state index is -0.320. The summed E-state index contributed by atoms with van der Waals surface area (Å²) in [6.07, 6.45) is 6.22. The summed E-state index contributed by atoms with van der Waals surface area (Å²) in [4.78, 5) is 11.3. The van der Waals surface area contributed by atoms with E-state index in [9.17, 15) is 4.79 Å². The summed E-state index contributed by atoms with van der Waals surface area (Å²) in [5, 5.41) is 6.03. The molecule has 0 aromatic carbocycles. The van der Waals surface area contributed by atoms with Gasteiger partial charge in [-0.05, 0) is 0 Å². The van der Waals surface area contributed by atoms with E-state index in [2.05, 4.69) is 20.9 Å². The Bertz CT molecular complexity index is 337. The van der Waals surface area contributed by atoms with Crippen molar-refractivity contribution in [1.82, 2.24) is 10.5 Å². The lowest BCUT2D eigenvalue weighted by molar-refractivity contribution is 0.0957. The Labute approximate surface area is 75.3 Å². The van der Waals surface area contributed by atoms with Crippen LogP contribution in [0.15, 0.2) is 10.8 Å². The van der Waals surface area contributed by atoms with Gasteiger partial charge in [0.15, 0.2) is 0 Å². The monoisotopic (exact) mass is 179 g/mol. The summed E-state index contributed by atoms with van der Waals surface area (Å²) < 4.78 is 4.60. The maximum absolute atomic E-state index is 11.3. The standard InChI is InChI=1S/C8H9N3O2/c1-2-3-10-8(12)6-5-13-11-7(6)4-9/h1,5H,3-4,9H2,(H,10,12). The predicted molar refractivity (Wildman–Crippen MR) is 45.6 cm³/mol. The van der Waals surface area contributed by atoms with Crippen molar-refractivity contribution in [2.45, 2.75) is 6.54 Å². The number of nitrogens with one attached hydrogen (secondary N) is 1. The van der Waals surface area contributed by atoms with E-state index in [-0.39, 0.29) is 19.0 Å². The molecule has 0 saturated heterocycles. The molecule has 13 heavy (non-hydrogen) atoms. The number of amides is 1. The van der Waals surface area contributed by atoms with Gasteiger partial charge < -0.3 is 15.6 Å². The Morgan fingerprint density at radius 1 is 1.85 bits per heavy atom. The molecule has 1 aromatic heterocycles. The number of hydrogen-bond donors (Lipinski definition) is 2. The predicted octanol–water partition coefficient (Wildman–Crippen LogP) is -0.504. The van der Waals surface area contributed by atoms with E-state index >= 15 is 0 Å². The molecule has 3 N–H and O–H groups in total. The lowest BCUT2D eigenvalue weighted by Crippen LogP contribution is -2.24. The van der Waals surface area contributed by atoms with Crippen molar-refractivity contribution in [1.29, 1.82) is 0 Å². The molecule has 0 atom stereocenters. The van der Waals surface area contributed by atoms with Gasteiger partial charge in [0.25, 0.3) is 5.91 Å². The van der Waals surface area contributed by atoms with Crippen molar-refractivity contribution in [2.75, 3.05) is 6.54 Å². The van der Waals surface area contributed by atoms with E-state index < -0.39 is 0 Å². The maximum atomic E-state index is 11.3. The van der Waals surface area contributed by atoms with Crippen LogP contribution < -0.4 is 11.1 Å². The Balaban J connectivity index is 2.71. The van der Waals surface area contributed by atoms with E-state index in [0.717, 1.165) is 0 Å². The number of carbonyl (C=O) groups excluding carboxylic acids is 1. The van der Waals surface area contributed by atoms with E-state index in [1.54, 1.807) is 0 Å². The van der Waals surface area contributed by atoms with Gasteiger partial charge in [-0.25, -0.2) is 0 Å². The van der Waals surface area contributed by atoms with Crippen LogP contribution in [0, 0.1) is 12.3 Å². The van der Waals surface area contributed by atoms with Crippen molar-refractivity contribution < 1.29 is 9.32 Å². The molecule has 0 unspecified atom stereocenters. The van der Waals surface area contributed by atoms with Gasteiger partial charge >= 0.3 is 0 Å². The number of rotatable bonds is 3. The fraction of sp³-hybridized carbons (Fsp3) is 0.250. The molecule has 0 radical (unpaired) electrons. The number of carbonyl (C=O) groups is 1. The highest BCUT2D eigenvalue weighted by molar-refractivity contribution is 5.94. The molecule has 0 bridgehead atoms. The smallest absolute Gasteiger partial charge is 0.257 e. The van der Waals surface area contributed by atoms with E-state index in [4.69, 9.17) is 12.2 Å². The molecule has 68 valence electrons. The van der Waals surface area contributed by atoms with Crippen LogP contribution in [0.1, 0.15) is 16.1 Å². The number of hydrogen-bond acceptors (Lipinski definition) is 4. The summed E-state index contributed by atoms with van der Waals surface area (Å²) in [7, 11) is 0. The van der Waals surface area contributed by atoms with Crippen LogP contribution in [0.5, 0.6) is 0 Å². The van der Waals surface area contributed by atoms with Gasteiger partial charge in [0.2, 0.25) is 0 Å². The molecule has 1 amide bonds. The van der Waals surface area contributed by atoms with Crippen LogP contribution in [0.4, 0.5) is 0 Å². The average Bonchev–Trinajstić information content (AvgIpc) is 2.61. The number of nitrogens with zero attached hydrogens (tertiary/aromatic N) is 1. The first-order valence-corrected chi connectivity index (χ1v) is 3.64. The Morgan fingerprint density at radius 2 is 2.62 bits per heavy atom. The average molecular weight is 179 g/mol. The van der Waals surface area contributed by atoms with Crippen molar-refractivity contribution in [3.8, 4) is 12.3 Å². The molecule has 0 spiro atoms. The third-order valence-electron chi connectivity index (χ3n) is 1.43. The van der Waals surface area contributed by atoms with Gasteiger partial charge in [0.1, 0.15) is 17.5 Å². The number of terminal acetylenes is 1. The Kier molecular flexibility index (Phi) is 3.06. The molecule has 0 aliphatic rings. The van der Waals surface area contributed by atoms with Gasteiger partial charge in [-0.1, -0.05) is 11.1 Å². The number of aromatic nitrogens is 1. The fourth-order valence-corrected chi connectivity index (χ4v) is 0.818. The van der Waals surface area contributed by atoms with Gasteiger partial charge in [-0.15, -0.1) is 6.42 Å². The lowest BCUT2D eigenvalue weighted by Gasteiger charge is -1.98. The first-order valence-electron chi connectivity index (χ1n) is 3.64. The lowest BCUT2D eigenvalue weighted by atomic mass is 10.2. The zero-order valence-corrected chi connectivity index (χ0v) is 6.91. The second-order valence-corrected chi connectivity index (χ2v) is 2.27. The highest BCUT2D eigenvalue weighted by atomic mass is 16.5. The van der Waals surface area contributed by atoms with Crippen molar-refractivity contribution in [2.24, 2.45) is 5.73 Å². The van der Waals surface area contributed by atoms with Crippen LogP contribution >= 0.6 is 0 Å².